The summed E-state index contributed by atoms with van der Waals surface area (Å²) >= 11 is 0. The van der Waals surface area contributed by atoms with Crippen molar-refractivity contribution < 1.29 is 4.79 Å². The smallest absolute Gasteiger partial charge is 0.248 e. The van der Waals surface area contributed by atoms with E-state index in [1.807, 2.05) is 43.6 Å². The van der Waals surface area contributed by atoms with Crippen LogP contribution in [0.3, 0.4) is 0 Å². The first kappa shape index (κ1) is 16.6. The fourth-order valence-corrected chi connectivity index (χ4v) is 2.44. The zero-order chi connectivity index (χ0) is 17.6. The average molecular weight is 333 g/mol. The molecule has 25 heavy (non-hydrogen) atoms. The Morgan fingerprint density at radius 1 is 1.24 bits per heavy atom. The molecule has 0 aliphatic carbocycles. The maximum absolute atomic E-state index is 12.1. The zero-order valence-corrected chi connectivity index (χ0v) is 13.9. The number of carbonyl (C=O) groups excluding carboxylic acids is 1. The molecule has 0 atom stereocenters. The van der Waals surface area contributed by atoms with Gasteiger partial charge in [-0.15, -0.1) is 0 Å². The van der Waals surface area contributed by atoms with Crippen LogP contribution in [0, 0.1) is 0 Å². The lowest BCUT2D eigenvalue weighted by molar-refractivity contribution is -0.111. The number of pyridine rings is 1. The Bertz CT molecular complexity index is 896. The number of rotatable bonds is 5. The van der Waals surface area contributed by atoms with E-state index in [2.05, 4.69) is 15.4 Å². The lowest BCUT2D eigenvalue weighted by Crippen LogP contribution is -2.08. The Morgan fingerprint density at radius 3 is 2.72 bits per heavy atom. The van der Waals surface area contributed by atoms with E-state index in [9.17, 15) is 4.79 Å². The quantitative estimate of drug-likeness (QED) is 0.703. The van der Waals surface area contributed by atoms with Crippen LogP contribution in [0.15, 0.2) is 61.2 Å². The van der Waals surface area contributed by atoms with Crippen LogP contribution in [0.1, 0.15) is 11.1 Å². The molecule has 0 bridgehead atoms. The molecule has 0 radical (unpaired) electrons. The average Bonchev–Trinajstić information content (AvgIpc) is 3.07. The highest BCUT2D eigenvalue weighted by Crippen LogP contribution is 2.23. The van der Waals surface area contributed by atoms with Gasteiger partial charge in [-0.05, 0) is 35.4 Å². The molecule has 6 nitrogen and oxygen atoms in total. The summed E-state index contributed by atoms with van der Waals surface area (Å²) in [6, 6.07) is 9.35. The van der Waals surface area contributed by atoms with E-state index < -0.39 is 0 Å². The first-order valence-corrected chi connectivity index (χ1v) is 7.87. The Morgan fingerprint density at radius 2 is 2.04 bits per heavy atom. The lowest BCUT2D eigenvalue weighted by atomic mass is 10.0. The number of nitrogens with one attached hydrogen (secondary N) is 1. The van der Waals surface area contributed by atoms with Crippen LogP contribution < -0.4 is 11.1 Å². The van der Waals surface area contributed by atoms with Crippen LogP contribution in [0.2, 0.25) is 0 Å². The Kier molecular flexibility index (Phi) is 5.01. The summed E-state index contributed by atoms with van der Waals surface area (Å²) in [5.41, 5.74) is 10.1. The van der Waals surface area contributed by atoms with Crippen molar-refractivity contribution in [1.82, 2.24) is 14.8 Å². The number of anilines is 1. The highest BCUT2D eigenvalue weighted by Gasteiger charge is 2.05. The van der Waals surface area contributed by atoms with Crippen LogP contribution in [0.25, 0.3) is 17.2 Å². The van der Waals surface area contributed by atoms with Gasteiger partial charge < -0.3 is 11.1 Å². The first-order chi connectivity index (χ1) is 12.2. The molecule has 3 N–H and O–H groups in total. The SMILES string of the molecule is Cn1cc(-c2ccncc2/C=C/C(=O)Nc2ccc(CN)cc2)cn1. The molecule has 3 aromatic rings. The van der Waals surface area contributed by atoms with Crippen molar-refractivity contribution in [3.05, 3.63) is 72.3 Å². The molecule has 0 saturated carbocycles. The van der Waals surface area contributed by atoms with E-state index in [1.54, 1.807) is 29.3 Å². The predicted molar refractivity (Wildman–Crippen MR) is 98.4 cm³/mol. The van der Waals surface area contributed by atoms with Crippen LogP contribution in [0.4, 0.5) is 5.69 Å². The molecule has 1 amide bonds. The minimum absolute atomic E-state index is 0.207. The second-order valence-electron chi connectivity index (χ2n) is 5.59. The summed E-state index contributed by atoms with van der Waals surface area (Å²) in [5.74, 6) is -0.207. The normalized spacial score (nSPS) is 11.0. The molecule has 0 aliphatic rings. The van der Waals surface area contributed by atoms with E-state index >= 15 is 0 Å². The van der Waals surface area contributed by atoms with Gasteiger partial charge in [-0.3, -0.25) is 14.5 Å². The van der Waals surface area contributed by atoms with E-state index in [4.69, 9.17) is 5.73 Å². The maximum Gasteiger partial charge on any atom is 0.248 e. The summed E-state index contributed by atoms with van der Waals surface area (Å²) in [5, 5.41) is 7.01. The molecule has 2 aromatic heterocycles. The molecule has 0 spiro atoms. The molecule has 0 unspecified atom stereocenters. The molecule has 0 saturated heterocycles. The van der Waals surface area contributed by atoms with Crippen LogP contribution in [0.5, 0.6) is 0 Å². The van der Waals surface area contributed by atoms with E-state index in [0.29, 0.717) is 6.54 Å². The topological polar surface area (TPSA) is 85.8 Å². The van der Waals surface area contributed by atoms with Gasteiger partial charge in [0.25, 0.3) is 0 Å². The van der Waals surface area contributed by atoms with Crippen molar-refractivity contribution in [3.8, 4) is 11.1 Å². The van der Waals surface area contributed by atoms with Crippen LogP contribution >= 0.6 is 0 Å². The van der Waals surface area contributed by atoms with Gasteiger partial charge in [-0.25, -0.2) is 0 Å². The molecule has 2 heterocycles. The van der Waals surface area contributed by atoms with Crippen LogP contribution in [-0.2, 0) is 18.4 Å². The second-order valence-corrected chi connectivity index (χ2v) is 5.59. The standard InChI is InChI=1S/C19H19N5O/c1-24-13-16(12-22-24)18-8-9-21-11-15(18)4-7-19(25)23-17-5-2-14(10-20)3-6-17/h2-9,11-13H,10,20H2,1H3,(H,23,25)/b7-4+. The number of aromatic nitrogens is 3. The van der Waals surface area contributed by atoms with Crippen molar-refractivity contribution in [2.75, 3.05) is 5.32 Å². The summed E-state index contributed by atoms with van der Waals surface area (Å²) in [6.07, 6.45) is 10.4. The highest BCUT2D eigenvalue weighted by atomic mass is 16.1. The lowest BCUT2D eigenvalue weighted by Gasteiger charge is -2.04. The highest BCUT2D eigenvalue weighted by molar-refractivity contribution is 6.02. The van der Waals surface area contributed by atoms with Gasteiger partial charge in [0.1, 0.15) is 0 Å². The van der Waals surface area contributed by atoms with Gasteiger partial charge in [0.15, 0.2) is 0 Å². The summed E-state index contributed by atoms with van der Waals surface area (Å²) in [7, 11) is 1.86. The fraction of sp³-hybridized carbons (Fsp3) is 0.105. The van der Waals surface area contributed by atoms with Crippen molar-refractivity contribution in [3.63, 3.8) is 0 Å². The van der Waals surface area contributed by atoms with E-state index in [-0.39, 0.29) is 5.91 Å². The van der Waals surface area contributed by atoms with Gasteiger partial charge in [0, 0.05) is 55.1 Å². The molecule has 6 heteroatoms. The fourth-order valence-electron chi connectivity index (χ4n) is 2.44. The Labute approximate surface area is 146 Å². The number of carbonyl (C=O) groups is 1. The zero-order valence-electron chi connectivity index (χ0n) is 13.9. The number of nitrogens with zero attached hydrogens (tertiary/aromatic N) is 3. The second kappa shape index (κ2) is 7.55. The molecule has 0 fully saturated rings. The number of aryl methyl sites for hydroxylation is 1. The van der Waals surface area contributed by atoms with Gasteiger partial charge >= 0.3 is 0 Å². The van der Waals surface area contributed by atoms with Gasteiger partial charge in [-0.2, -0.15) is 5.10 Å². The minimum Gasteiger partial charge on any atom is -0.326 e. The number of hydrogen-bond acceptors (Lipinski definition) is 4. The van der Waals surface area contributed by atoms with Crippen molar-refractivity contribution in [1.29, 1.82) is 0 Å². The largest absolute Gasteiger partial charge is 0.326 e. The molecule has 126 valence electrons. The molecule has 0 aliphatic heterocycles. The third kappa shape index (κ3) is 4.19. The molecule has 3 rings (SSSR count). The molecular formula is C19H19N5O. The van der Waals surface area contributed by atoms with E-state index in [0.717, 1.165) is 27.9 Å². The number of benzene rings is 1. The van der Waals surface area contributed by atoms with Crippen molar-refractivity contribution in [2.45, 2.75) is 6.54 Å². The predicted octanol–water partition coefficient (Wildman–Crippen LogP) is 2.59. The number of hydrogen-bond donors (Lipinski definition) is 2. The maximum atomic E-state index is 12.1. The molecule has 1 aromatic carbocycles. The third-order valence-electron chi connectivity index (χ3n) is 3.74. The third-order valence-corrected chi connectivity index (χ3v) is 3.74. The summed E-state index contributed by atoms with van der Waals surface area (Å²) in [6.45, 7) is 0.478. The summed E-state index contributed by atoms with van der Waals surface area (Å²) < 4.78 is 1.74. The van der Waals surface area contributed by atoms with Crippen molar-refractivity contribution >= 4 is 17.7 Å². The first-order valence-electron chi connectivity index (χ1n) is 7.87. The van der Waals surface area contributed by atoms with Crippen LogP contribution in [-0.4, -0.2) is 20.7 Å². The van der Waals surface area contributed by atoms with Crippen molar-refractivity contribution in [2.24, 2.45) is 12.8 Å². The van der Waals surface area contributed by atoms with Gasteiger partial charge in [-0.1, -0.05) is 12.1 Å². The Balaban J connectivity index is 1.74. The summed E-state index contributed by atoms with van der Waals surface area (Å²) in [4.78, 5) is 16.3. The minimum atomic E-state index is -0.207. The van der Waals surface area contributed by atoms with Gasteiger partial charge in [0.2, 0.25) is 5.91 Å². The number of amides is 1. The van der Waals surface area contributed by atoms with E-state index in [1.165, 1.54) is 6.08 Å². The Hall–Kier alpha value is -3.25. The van der Waals surface area contributed by atoms with Gasteiger partial charge in [0.05, 0.1) is 6.20 Å². The number of nitrogens with two attached hydrogens (primary N) is 1. The molecular weight excluding hydrogens is 314 g/mol. The monoisotopic (exact) mass is 333 g/mol.